The fourth-order valence-electron chi connectivity index (χ4n) is 3.03. The lowest BCUT2D eigenvalue weighted by Crippen LogP contribution is -2.72. The van der Waals surface area contributed by atoms with Crippen LogP contribution in [0.3, 0.4) is 0 Å². The van der Waals surface area contributed by atoms with Gasteiger partial charge in [0.25, 0.3) is 0 Å². The van der Waals surface area contributed by atoms with Gasteiger partial charge in [-0.05, 0) is 7.05 Å². The third-order valence-electron chi connectivity index (χ3n) is 3.79. The molecule has 0 bridgehead atoms. The van der Waals surface area contributed by atoms with Crippen LogP contribution in [0.1, 0.15) is 12.8 Å². The molecule has 1 aromatic rings. The Morgan fingerprint density at radius 3 is 2.70 bits per heavy atom. The van der Waals surface area contributed by atoms with E-state index >= 15 is 0 Å². The normalized spacial score (nSPS) is 20.4. The van der Waals surface area contributed by atoms with Crippen LogP contribution in [-0.4, -0.2) is 65.0 Å². The molecule has 1 aromatic heterocycles. The van der Waals surface area contributed by atoms with Gasteiger partial charge >= 0.3 is 0 Å². The molecule has 0 aliphatic carbocycles. The van der Waals surface area contributed by atoms with Crippen molar-refractivity contribution in [3.63, 3.8) is 0 Å². The molecule has 0 radical (unpaired) electrons. The number of likely N-dealkylation sites (tertiary alicyclic amines) is 2. The Balaban J connectivity index is 1.37. The molecule has 2 aliphatic rings. The van der Waals surface area contributed by atoms with Crippen molar-refractivity contribution in [1.29, 1.82) is 0 Å². The molecule has 2 amide bonds. The van der Waals surface area contributed by atoms with Gasteiger partial charge in [0, 0.05) is 44.4 Å². The van der Waals surface area contributed by atoms with E-state index in [1.54, 1.807) is 5.51 Å². The average Bonchev–Trinajstić information content (AvgIpc) is 2.81. The first kappa shape index (κ1) is 13.4. The zero-order valence-corrected chi connectivity index (χ0v) is 12.2. The van der Waals surface area contributed by atoms with Crippen molar-refractivity contribution in [1.82, 2.24) is 20.0 Å². The van der Waals surface area contributed by atoms with Gasteiger partial charge in [-0.3, -0.25) is 9.59 Å². The summed E-state index contributed by atoms with van der Waals surface area (Å²) in [6.07, 6.45) is 0.457. The van der Waals surface area contributed by atoms with Crippen LogP contribution in [0.2, 0.25) is 0 Å². The summed E-state index contributed by atoms with van der Waals surface area (Å²) in [6.45, 7) is 3.84. The van der Waals surface area contributed by atoms with Crippen LogP contribution in [0.25, 0.3) is 0 Å². The largest absolute Gasteiger partial charge is 0.341 e. The van der Waals surface area contributed by atoms with Crippen molar-refractivity contribution in [2.75, 3.05) is 38.5 Å². The number of rotatable bonds is 4. The van der Waals surface area contributed by atoms with Gasteiger partial charge in [-0.25, -0.2) is 0 Å². The molecule has 20 heavy (non-hydrogen) atoms. The molecule has 108 valence electrons. The van der Waals surface area contributed by atoms with Crippen LogP contribution in [0.5, 0.6) is 0 Å². The molecule has 2 fully saturated rings. The summed E-state index contributed by atoms with van der Waals surface area (Å²) in [5, 5.41) is 10.5. The molecule has 7 nitrogen and oxygen atoms in total. The molecular weight excluding hydrogens is 278 g/mol. The number of anilines is 1. The second-order valence-electron chi connectivity index (χ2n) is 5.71. The summed E-state index contributed by atoms with van der Waals surface area (Å²) in [5.41, 5.74) is 1.90. The average molecular weight is 295 g/mol. The van der Waals surface area contributed by atoms with Gasteiger partial charge in [-0.1, -0.05) is 11.3 Å². The van der Waals surface area contributed by atoms with Crippen LogP contribution in [-0.2, 0) is 9.59 Å². The fourth-order valence-corrected chi connectivity index (χ4v) is 3.49. The number of hydrogen-bond acceptors (Lipinski definition) is 6. The Labute approximate surface area is 121 Å². The lowest BCUT2D eigenvalue weighted by Gasteiger charge is -2.59. The third-order valence-corrected chi connectivity index (χ3v) is 4.39. The maximum Gasteiger partial charge on any atom is 0.226 e. The van der Waals surface area contributed by atoms with E-state index < -0.39 is 0 Å². The number of nitrogens with one attached hydrogen (secondary N) is 1. The van der Waals surface area contributed by atoms with E-state index in [2.05, 4.69) is 27.5 Å². The molecule has 8 heteroatoms. The third kappa shape index (κ3) is 2.66. The van der Waals surface area contributed by atoms with Gasteiger partial charge < -0.3 is 15.1 Å². The Kier molecular flexibility index (Phi) is 3.43. The molecule has 3 heterocycles. The Bertz CT molecular complexity index is 504. The summed E-state index contributed by atoms with van der Waals surface area (Å²) in [7, 11) is 2.09. The van der Waals surface area contributed by atoms with Gasteiger partial charge in [0.1, 0.15) is 5.51 Å². The highest BCUT2D eigenvalue weighted by Crippen LogP contribution is 2.38. The summed E-state index contributed by atoms with van der Waals surface area (Å²) in [6, 6.07) is 0. The minimum absolute atomic E-state index is 0.0672. The predicted octanol–water partition coefficient (Wildman–Crippen LogP) is 0.0308. The Morgan fingerprint density at radius 1 is 1.35 bits per heavy atom. The molecule has 3 rings (SSSR count). The lowest BCUT2D eigenvalue weighted by atomic mass is 9.73. The Morgan fingerprint density at radius 2 is 2.10 bits per heavy atom. The number of carbonyl (C=O) groups excluding carboxylic acids is 2. The maximum absolute atomic E-state index is 11.9. The molecule has 0 saturated carbocycles. The van der Waals surface area contributed by atoms with E-state index in [0.717, 1.165) is 26.2 Å². The van der Waals surface area contributed by atoms with Crippen molar-refractivity contribution >= 4 is 28.3 Å². The van der Waals surface area contributed by atoms with Crippen molar-refractivity contribution in [3.05, 3.63) is 5.51 Å². The SMILES string of the molecule is CN1CC2(C1)CN(C(=O)CCC(=O)Nc1nncs1)C2. The van der Waals surface area contributed by atoms with Gasteiger partial charge in [0.15, 0.2) is 0 Å². The van der Waals surface area contributed by atoms with Crippen LogP contribution >= 0.6 is 11.3 Å². The Hall–Kier alpha value is -1.54. The van der Waals surface area contributed by atoms with E-state index in [1.165, 1.54) is 11.3 Å². The second kappa shape index (κ2) is 5.10. The monoisotopic (exact) mass is 295 g/mol. The quantitative estimate of drug-likeness (QED) is 0.848. The molecule has 2 saturated heterocycles. The first-order valence-electron chi connectivity index (χ1n) is 6.59. The van der Waals surface area contributed by atoms with Crippen LogP contribution in [0, 0.1) is 5.41 Å². The van der Waals surface area contributed by atoms with E-state index in [0.29, 0.717) is 10.5 Å². The van der Waals surface area contributed by atoms with Gasteiger partial charge in [-0.15, -0.1) is 10.2 Å². The molecule has 0 unspecified atom stereocenters. The highest BCUT2D eigenvalue weighted by Gasteiger charge is 2.51. The predicted molar refractivity (Wildman–Crippen MR) is 74.3 cm³/mol. The van der Waals surface area contributed by atoms with E-state index in [9.17, 15) is 9.59 Å². The maximum atomic E-state index is 11.9. The summed E-state index contributed by atoms with van der Waals surface area (Å²) < 4.78 is 0. The van der Waals surface area contributed by atoms with Crippen molar-refractivity contribution < 1.29 is 9.59 Å². The summed E-state index contributed by atoms with van der Waals surface area (Å²) in [5.74, 6) is -0.119. The number of hydrogen-bond donors (Lipinski definition) is 1. The van der Waals surface area contributed by atoms with Crippen LogP contribution < -0.4 is 5.32 Å². The van der Waals surface area contributed by atoms with Gasteiger partial charge in [0.05, 0.1) is 0 Å². The second-order valence-corrected chi connectivity index (χ2v) is 6.55. The molecule has 0 atom stereocenters. The van der Waals surface area contributed by atoms with E-state index in [1.807, 2.05) is 4.90 Å². The number of nitrogens with zero attached hydrogens (tertiary/aromatic N) is 4. The van der Waals surface area contributed by atoms with Crippen molar-refractivity contribution in [2.24, 2.45) is 5.41 Å². The molecule has 0 aromatic carbocycles. The molecular formula is C12H17N5O2S. The molecule has 1 spiro atoms. The highest BCUT2D eigenvalue weighted by atomic mass is 32.1. The van der Waals surface area contributed by atoms with Crippen molar-refractivity contribution in [2.45, 2.75) is 12.8 Å². The highest BCUT2D eigenvalue weighted by molar-refractivity contribution is 7.13. The van der Waals surface area contributed by atoms with Crippen molar-refractivity contribution in [3.8, 4) is 0 Å². The minimum Gasteiger partial charge on any atom is -0.341 e. The summed E-state index contributed by atoms with van der Waals surface area (Å²) in [4.78, 5) is 27.7. The number of amides is 2. The zero-order chi connectivity index (χ0) is 14.2. The first-order chi connectivity index (χ1) is 9.56. The van der Waals surface area contributed by atoms with Crippen LogP contribution in [0.15, 0.2) is 5.51 Å². The smallest absolute Gasteiger partial charge is 0.226 e. The number of aromatic nitrogens is 2. The van der Waals surface area contributed by atoms with E-state index in [-0.39, 0.29) is 24.7 Å². The topological polar surface area (TPSA) is 78.4 Å². The molecule has 2 aliphatic heterocycles. The minimum atomic E-state index is -0.186. The molecule has 1 N–H and O–H groups in total. The zero-order valence-electron chi connectivity index (χ0n) is 11.3. The first-order valence-corrected chi connectivity index (χ1v) is 7.47. The standard InChI is InChI=1S/C12H17N5O2S/c1-16-4-12(5-16)6-17(7-12)10(19)3-2-9(18)14-11-15-13-8-20-11/h8H,2-7H2,1H3,(H,14,15,18). The summed E-state index contributed by atoms with van der Waals surface area (Å²) >= 11 is 1.26. The number of carbonyl (C=O) groups is 2. The van der Waals surface area contributed by atoms with Gasteiger partial charge in [0.2, 0.25) is 16.9 Å². The van der Waals surface area contributed by atoms with E-state index in [4.69, 9.17) is 0 Å². The van der Waals surface area contributed by atoms with Gasteiger partial charge in [-0.2, -0.15) is 0 Å². The van der Waals surface area contributed by atoms with Crippen LogP contribution in [0.4, 0.5) is 5.13 Å². The fraction of sp³-hybridized carbons (Fsp3) is 0.667. The lowest BCUT2D eigenvalue weighted by molar-refractivity contribution is -0.157.